The summed E-state index contributed by atoms with van der Waals surface area (Å²) in [6.07, 6.45) is 8.17. The fraction of sp³-hybridized carbons (Fsp3) is 0.0625. The molecule has 0 unspecified atom stereocenters. The lowest BCUT2D eigenvalue weighted by Gasteiger charge is -2.10. The molecule has 0 aliphatic heterocycles. The molecule has 0 aliphatic rings. The maximum Gasteiger partial charge on any atom is 0.255 e. The van der Waals surface area contributed by atoms with Gasteiger partial charge in [-0.1, -0.05) is 18.1 Å². The Balaban J connectivity index is 2.19. The molecule has 5 heteroatoms. The maximum atomic E-state index is 12.1. The van der Waals surface area contributed by atoms with Gasteiger partial charge in [0.05, 0.1) is 17.8 Å². The third-order valence-corrected chi connectivity index (χ3v) is 2.71. The van der Waals surface area contributed by atoms with E-state index in [1.807, 2.05) is 0 Å². The molecule has 0 aliphatic carbocycles. The van der Waals surface area contributed by atoms with Gasteiger partial charge < -0.3 is 10.6 Å². The fourth-order valence-corrected chi connectivity index (χ4v) is 1.71. The molecule has 0 saturated carbocycles. The van der Waals surface area contributed by atoms with Crippen molar-refractivity contribution in [2.75, 3.05) is 11.9 Å². The molecule has 5 nitrogen and oxygen atoms in total. The van der Waals surface area contributed by atoms with E-state index in [9.17, 15) is 9.59 Å². The normalized spacial score (nSPS) is 9.48. The minimum absolute atomic E-state index is 0.130. The molecule has 1 aromatic heterocycles. The summed E-state index contributed by atoms with van der Waals surface area (Å²) >= 11 is 0. The first-order chi connectivity index (χ1) is 10.2. The van der Waals surface area contributed by atoms with E-state index in [0.29, 0.717) is 16.8 Å². The molecule has 1 heterocycles. The molecular formula is C16H13N3O2. The Morgan fingerprint density at radius 3 is 2.52 bits per heavy atom. The molecular weight excluding hydrogens is 266 g/mol. The molecule has 0 fully saturated rings. The number of para-hydroxylation sites is 1. The molecule has 2 N–H and O–H groups in total. The summed E-state index contributed by atoms with van der Waals surface area (Å²) < 4.78 is 0. The van der Waals surface area contributed by atoms with Crippen molar-refractivity contribution in [3.63, 3.8) is 0 Å². The Morgan fingerprint density at radius 2 is 1.81 bits per heavy atom. The molecule has 104 valence electrons. The van der Waals surface area contributed by atoms with Crippen LogP contribution in [0.2, 0.25) is 0 Å². The molecule has 2 aromatic rings. The van der Waals surface area contributed by atoms with Gasteiger partial charge in [0.2, 0.25) is 0 Å². The Kier molecular flexibility index (Phi) is 4.67. The number of amides is 2. The monoisotopic (exact) mass is 279 g/mol. The van der Waals surface area contributed by atoms with Crippen molar-refractivity contribution in [1.29, 1.82) is 0 Å². The van der Waals surface area contributed by atoms with Gasteiger partial charge in [-0.3, -0.25) is 14.6 Å². The van der Waals surface area contributed by atoms with Crippen molar-refractivity contribution >= 4 is 17.5 Å². The van der Waals surface area contributed by atoms with Gasteiger partial charge in [0.1, 0.15) is 0 Å². The highest BCUT2D eigenvalue weighted by Gasteiger charge is 2.13. The van der Waals surface area contributed by atoms with Gasteiger partial charge in [-0.25, -0.2) is 0 Å². The number of nitrogens with zero attached hydrogens (tertiary/aromatic N) is 1. The number of terminal acetylenes is 1. The summed E-state index contributed by atoms with van der Waals surface area (Å²) in [5.74, 6) is 1.68. The van der Waals surface area contributed by atoms with Crippen LogP contribution >= 0.6 is 0 Å². The number of benzene rings is 1. The summed E-state index contributed by atoms with van der Waals surface area (Å²) in [4.78, 5) is 27.9. The first-order valence-corrected chi connectivity index (χ1v) is 6.24. The van der Waals surface area contributed by atoms with Gasteiger partial charge in [0.15, 0.2) is 0 Å². The number of nitrogens with one attached hydrogen (secondary N) is 2. The predicted octanol–water partition coefficient (Wildman–Crippen LogP) is 1.70. The molecule has 1 aromatic carbocycles. The van der Waals surface area contributed by atoms with Crippen LogP contribution in [0.5, 0.6) is 0 Å². The van der Waals surface area contributed by atoms with Crippen LogP contribution in [0.15, 0.2) is 48.8 Å². The van der Waals surface area contributed by atoms with E-state index >= 15 is 0 Å². The summed E-state index contributed by atoms with van der Waals surface area (Å²) in [6, 6.07) is 9.91. The van der Waals surface area contributed by atoms with E-state index in [2.05, 4.69) is 21.5 Å². The lowest BCUT2D eigenvalue weighted by molar-refractivity contribution is 0.0959. The van der Waals surface area contributed by atoms with Gasteiger partial charge in [0.25, 0.3) is 11.8 Å². The lowest BCUT2D eigenvalue weighted by Crippen LogP contribution is -2.25. The molecule has 21 heavy (non-hydrogen) atoms. The van der Waals surface area contributed by atoms with Crippen LogP contribution in [0.3, 0.4) is 0 Å². The van der Waals surface area contributed by atoms with Gasteiger partial charge in [-0.2, -0.15) is 0 Å². The third kappa shape index (κ3) is 3.67. The van der Waals surface area contributed by atoms with Crippen molar-refractivity contribution < 1.29 is 9.59 Å². The third-order valence-electron chi connectivity index (χ3n) is 2.71. The molecule has 0 radical (unpaired) electrons. The second-order valence-corrected chi connectivity index (χ2v) is 4.12. The smallest absolute Gasteiger partial charge is 0.255 e. The quantitative estimate of drug-likeness (QED) is 0.837. The molecule has 2 rings (SSSR count). The molecule has 0 atom stereocenters. The first-order valence-electron chi connectivity index (χ1n) is 6.24. The maximum absolute atomic E-state index is 12.1. The first kappa shape index (κ1) is 14.3. The fourth-order valence-electron chi connectivity index (χ4n) is 1.71. The second-order valence-electron chi connectivity index (χ2n) is 4.12. The van der Waals surface area contributed by atoms with Gasteiger partial charge in [-0.05, 0) is 24.3 Å². The van der Waals surface area contributed by atoms with E-state index in [1.54, 1.807) is 36.4 Å². The number of rotatable bonds is 4. The highest BCUT2D eigenvalue weighted by molar-refractivity contribution is 6.08. The molecule has 2 amide bonds. The van der Waals surface area contributed by atoms with Crippen molar-refractivity contribution in [3.05, 3.63) is 59.9 Å². The Bertz CT molecular complexity index is 690. The lowest BCUT2D eigenvalue weighted by atomic mass is 10.1. The number of aromatic nitrogens is 1. The Hall–Kier alpha value is -3.13. The van der Waals surface area contributed by atoms with Crippen LogP contribution in [0, 0.1) is 12.3 Å². The van der Waals surface area contributed by atoms with Crippen LogP contribution in [-0.2, 0) is 0 Å². The SMILES string of the molecule is C#CCNC(=O)c1ccccc1NC(=O)c1ccncc1. The summed E-state index contributed by atoms with van der Waals surface area (Å²) in [7, 11) is 0. The van der Waals surface area contributed by atoms with Crippen molar-refractivity contribution in [2.24, 2.45) is 0 Å². The van der Waals surface area contributed by atoms with Crippen molar-refractivity contribution in [3.8, 4) is 12.3 Å². The highest BCUT2D eigenvalue weighted by Crippen LogP contribution is 2.16. The zero-order valence-electron chi connectivity index (χ0n) is 11.2. The zero-order valence-corrected chi connectivity index (χ0v) is 11.2. The molecule has 0 bridgehead atoms. The summed E-state index contributed by atoms with van der Waals surface area (Å²) in [5.41, 5.74) is 1.24. The molecule has 0 saturated heterocycles. The van der Waals surface area contributed by atoms with Gasteiger partial charge >= 0.3 is 0 Å². The number of hydrogen-bond acceptors (Lipinski definition) is 3. The van der Waals surface area contributed by atoms with Gasteiger partial charge in [0, 0.05) is 18.0 Å². The number of hydrogen-bond donors (Lipinski definition) is 2. The van der Waals surface area contributed by atoms with Crippen LogP contribution in [0.25, 0.3) is 0 Å². The minimum Gasteiger partial charge on any atom is -0.341 e. The number of pyridine rings is 1. The summed E-state index contributed by atoms with van der Waals surface area (Å²) in [6.45, 7) is 0.130. The van der Waals surface area contributed by atoms with Crippen molar-refractivity contribution in [1.82, 2.24) is 10.3 Å². The highest BCUT2D eigenvalue weighted by atomic mass is 16.2. The average molecular weight is 279 g/mol. The van der Waals surface area contributed by atoms with Gasteiger partial charge in [-0.15, -0.1) is 6.42 Å². The average Bonchev–Trinajstić information content (AvgIpc) is 2.54. The number of carbonyl (C=O) groups is 2. The van der Waals surface area contributed by atoms with E-state index in [1.165, 1.54) is 12.4 Å². The van der Waals surface area contributed by atoms with Crippen LogP contribution in [0.4, 0.5) is 5.69 Å². The predicted molar refractivity (Wildman–Crippen MR) is 79.8 cm³/mol. The van der Waals surface area contributed by atoms with E-state index < -0.39 is 0 Å². The minimum atomic E-state index is -0.335. The van der Waals surface area contributed by atoms with E-state index in [4.69, 9.17) is 6.42 Å². The standard InChI is InChI=1S/C16H13N3O2/c1-2-9-18-16(21)13-5-3-4-6-14(13)19-15(20)12-7-10-17-11-8-12/h1,3-8,10-11H,9H2,(H,18,21)(H,19,20). The van der Waals surface area contributed by atoms with E-state index in [0.717, 1.165) is 0 Å². The topological polar surface area (TPSA) is 71.1 Å². The largest absolute Gasteiger partial charge is 0.341 e. The van der Waals surface area contributed by atoms with Crippen molar-refractivity contribution in [2.45, 2.75) is 0 Å². The van der Waals surface area contributed by atoms with Crippen LogP contribution in [-0.4, -0.2) is 23.3 Å². The number of carbonyl (C=O) groups excluding carboxylic acids is 2. The van der Waals surface area contributed by atoms with E-state index in [-0.39, 0.29) is 18.4 Å². The van der Waals surface area contributed by atoms with Crippen LogP contribution < -0.4 is 10.6 Å². The Labute approximate surface area is 122 Å². The number of anilines is 1. The zero-order chi connectivity index (χ0) is 15.1. The molecule has 0 spiro atoms. The summed E-state index contributed by atoms with van der Waals surface area (Å²) in [5, 5.41) is 5.27. The Morgan fingerprint density at radius 1 is 1.10 bits per heavy atom. The second kappa shape index (κ2) is 6.87. The van der Waals surface area contributed by atoms with Crippen LogP contribution in [0.1, 0.15) is 20.7 Å².